The standard InChI is InChI=1S/C17H14BrFN2/c18-15-6-5-12(19)9-11(15)10-16(20)13-7-8-21-17-4-2-1-3-14(13)17/h1-9,16H,10,20H2. The Morgan fingerprint density at radius 2 is 1.95 bits per heavy atom. The lowest BCUT2D eigenvalue weighted by Crippen LogP contribution is -2.14. The zero-order chi connectivity index (χ0) is 14.8. The van der Waals surface area contributed by atoms with Gasteiger partial charge in [0, 0.05) is 22.1 Å². The third-order valence-electron chi connectivity index (χ3n) is 3.53. The predicted molar refractivity (Wildman–Crippen MR) is 86.5 cm³/mol. The first-order valence-electron chi connectivity index (χ1n) is 6.68. The molecular formula is C17H14BrFN2. The summed E-state index contributed by atoms with van der Waals surface area (Å²) < 4.78 is 14.3. The van der Waals surface area contributed by atoms with Crippen LogP contribution in [-0.4, -0.2) is 4.98 Å². The van der Waals surface area contributed by atoms with Crippen LogP contribution in [0.25, 0.3) is 10.9 Å². The van der Waals surface area contributed by atoms with Crippen molar-refractivity contribution in [2.45, 2.75) is 12.5 Å². The van der Waals surface area contributed by atoms with Gasteiger partial charge in [0.15, 0.2) is 0 Å². The topological polar surface area (TPSA) is 38.9 Å². The van der Waals surface area contributed by atoms with Gasteiger partial charge in [-0.2, -0.15) is 0 Å². The minimum absolute atomic E-state index is 0.212. The van der Waals surface area contributed by atoms with E-state index in [0.29, 0.717) is 6.42 Å². The van der Waals surface area contributed by atoms with E-state index in [0.717, 1.165) is 26.5 Å². The molecule has 1 unspecified atom stereocenters. The molecule has 0 saturated heterocycles. The van der Waals surface area contributed by atoms with Gasteiger partial charge in [0.2, 0.25) is 0 Å². The number of benzene rings is 2. The second kappa shape index (κ2) is 5.92. The van der Waals surface area contributed by atoms with Crippen LogP contribution in [0.3, 0.4) is 0 Å². The lowest BCUT2D eigenvalue weighted by molar-refractivity contribution is 0.621. The Labute approximate surface area is 130 Å². The van der Waals surface area contributed by atoms with E-state index in [1.54, 1.807) is 12.3 Å². The molecule has 0 amide bonds. The van der Waals surface area contributed by atoms with Crippen LogP contribution in [0.2, 0.25) is 0 Å². The summed E-state index contributed by atoms with van der Waals surface area (Å²) in [5.41, 5.74) is 9.15. The summed E-state index contributed by atoms with van der Waals surface area (Å²) >= 11 is 3.45. The molecule has 0 radical (unpaired) electrons. The predicted octanol–water partition coefficient (Wildman–Crippen LogP) is 4.38. The van der Waals surface area contributed by atoms with Crippen LogP contribution in [-0.2, 0) is 6.42 Å². The molecule has 106 valence electrons. The van der Waals surface area contributed by atoms with Crippen LogP contribution in [0.5, 0.6) is 0 Å². The molecule has 3 rings (SSSR count). The van der Waals surface area contributed by atoms with Crippen molar-refractivity contribution in [3.8, 4) is 0 Å². The molecule has 2 nitrogen and oxygen atoms in total. The van der Waals surface area contributed by atoms with Gasteiger partial charge in [-0.05, 0) is 47.9 Å². The van der Waals surface area contributed by atoms with Crippen molar-refractivity contribution in [2.24, 2.45) is 5.73 Å². The minimum Gasteiger partial charge on any atom is -0.324 e. The molecule has 1 heterocycles. The summed E-state index contributed by atoms with van der Waals surface area (Å²) in [6, 6.07) is 14.3. The summed E-state index contributed by atoms with van der Waals surface area (Å²) in [6.07, 6.45) is 2.32. The van der Waals surface area contributed by atoms with Gasteiger partial charge >= 0.3 is 0 Å². The molecule has 0 spiro atoms. The van der Waals surface area contributed by atoms with Crippen LogP contribution >= 0.6 is 15.9 Å². The first kappa shape index (κ1) is 14.2. The summed E-state index contributed by atoms with van der Waals surface area (Å²) in [5, 5.41) is 1.04. The number of rotatable bonds is 3. The average Bonchev–Trinajstić information content (AvgIpc) is 2.50. The molecule has 21 heavy (non-hydrogen) atoms. The second-order valence-electron chi connectivity index (χ2n) is 4.96. The quantitative estimate of drug-likeness (QED) is 0.765. The molecule has 2 N–H and O–H groups in total. The molecule has 0 bridgehead atoms. The minimum atomic E-state index is -0.250. The fourth-order valence-corrected chi connectivity index (χ4v) is 2.90. The van der Waals surface area contributed by atoms with Crippen molar-refractivity contribution in [1.82, 2.24) is 4.98 Å². The lowest BCUT2D eigenvalue weighted by Gasteiger charge is -2.15. The van der Waals surface area contributed by atoms with Crippen molar-refractivity contribution in [1.29, 1.82) is 0 Å². The number of halogens is 2. The molecule has 0 saturated carbocycles. The van der Waals surface area contributed by atoms with Gasteiger partial charge in [-0.3, -0.25) is 4.98 Å². The number of pyridine rings is 1. The van der Waals surface area contributed by atoms with E-state index in [1.807, 2.05) is 30.3 Å². The van der Waals surface area contributed by atoms with Gasteiger partial charge in [-0.1, -0.05) is 34.1 Å². The first-order valence-corrected chi connectivity index (χ1v) is 7.47. The number of nitrogens with two attached hydrogens (primary N) is 1. The Balaban J connectivity index is 1.97. The zero-order valence-corrected chi connectivity index (χ0v) is 12.8. The smallest absolute Gasteiger partial charge is 0.123 e. The van der Waals surface area contributed by atoms with Crippen molar-refractivity contribution < 1.29 is 4.39 Å². The molecule has 3 aromatic rings. The van der Waals surface area contributed by atoms with E-state index in [9.17, 15) is 4.39 Å². The van der Waals surface area contributed by atoms with Crippen LogP contribution in [0.1, 0.15) is 17.2 Å². The maximum Gasteiger partial charge on any atom is 0.123 e. The monoisotopic (exact) mass is 344 g/mol. The number of hydrogen-bond acceptors (Lipinski definition) is 2. The number of aromatic nitrogens is 1. The molecule has 1 aromatic heterocycles. The van der Waals surface area contributed by atoms with Crippen LogP contribution in [0.15, 0.2) is 59.2 Å². The number of hydrogen-bond donors (Lipinski definition) is 1. The third-order valence-corrected chi connectivity index (χ3v) is 4.30. The van der Waals surface area contributed by atoms with E-state index >= 15 is 0 Å². The highest BCUT2D eigenvalue weighted by Crippen LogP contribution is 2.27. The summed E-state index contributed by atoms with van der Waals surface area (Å²) in [4.78, 5) is 4.34. The van der Waals surface area contributed by atoms with Crippen molar-refractivity contribution in [2.75, 3.05) is 0 Å². The highest BCUT2D eigenvalue weighted by atomic mass is 79.9. The van der Waals surface area contributed by atoms with E-state index in [2.05, 4.69) is 20.9 Å². The van der Waals surface area contributed by atoms with Crippen LogP contribution in [0.4, 0.5) is 4.39 Å². The fraction of sp³-hybridized carbons (Fsp3) is 0.118. The van der Waals surface area contributed by atoms with Crippen molar-refractivity contribution >= 4 is 26.8 Å². The molecule has 0 aliphatic carbocycles. The molecule has 4 heteroatoms. The van der Waals surface area contributed by atoms with Crippen molar-refractivity contribution in [3.63, 3.8) is 0 Å². The Hall–Kier alpha value is -1.78. The summed E-state index contributed by atoms with van der Waals surface area (Å²) in [6.45, 7) is 0. The van der Waals surface area contributed by atoms with Gasteiger partial charge in [-0.25, -0.2) is 4.39 Å². The third kappa shape index (κ3) is 2.96. The van der Waals surface area contributed by atoms with E-state index in [1.165, 1.54) is 12.1 Å². The average molecular weight is 345 g/mol. The Kier molecular flexibility index (Phi) is 3.99. The van der Waals surface area contributed by atoms with E-state index in [-0.39, 0.29) is 11.9 Å². The Morgan fingerprint density at radius 3 is 2.81 bits per heavy atom. The van der Waals surface area contributed by atoms with E-state index in [4.69, 9.17) is 5.73 Å². The maximum absolute atomic E-state index is 13.4. The van der Waals surface area contributed by atoms with Crippen LogP contribution < -0.4 is 5.73 Å². The molecular weight excluding hydrogens is 331 g/mol. The summed E-state index contributed by atoms with van der Waals surface area (Å²) in [7, 11) is 0. The van der Waals surface area contributed by atoms with E-state index < -0.39 is 0 Å². The van der Waals surface area contributed by atoms with Gasteiger partial charge in [0.25, 0.3) is 0 Å². The van der Waals surface area contributed by atoms with Gasteiger partial charge < -0.3 is 5.73 Å². The normalized spacial score (nSPS) is 12.5. The zero-order valence-electron chi connectivity index (χ0n) is 11.3. The second-order valence-corrected chi connectivity index (χ2v) is 5.82. The molecule has 2 aromatic carbocycles. The van der Waals surface area contributed by atoms with Crippen molar-refractivity contribution in [3.05, 3.63) is 76.1 Å². The number of para-hydroxylation sites is 1. The molecule has 0 aliphatic heterocycles. The Bertz CT molecular complexity index is 783. The number of fused-ring (bicyclic) bond motifs is 1. The first-order chi connectivity index (χ1) is 10.1. The molecule has 1 atom stereocenters. The van der Waals surface area contributed by atoms with Gasteiger partial charge in [0.1, 0.15) is 5.82 Å². The largest absolute Gasteiger partial charge is 0.324 e. The van der Waals surface area contributed by atoms with Crippen LogP contribution in [0, 0.1) is 5.82 Å². The van der Waals surface area contributed by atoms with Gasteiger partial charge in [-0.15, -0.1) is 0 Å². The lowest BCUT2D eigenvalue weighted by atomic mass is 9.97. The molecule has 0 fully saturated rings. The van der Waals surface area contributed by atoms with Gasteiger partial charge in [0.05, 0.1) is 5.52 Å². The summed E-state index contributed by atoms with van der Waals surface area (Å²) in [5.74, 6) is -0.250. The Morgan fingerprint density at radius 1 is 1.14 bits per heavy atom. The fourth-order valence-electron chi connectivity index (χ4n) is 2.49. The SMILES string of the molecule is NC(Cc1cc(F)ccc1Br)c1ccnc2ccccc12. The maximum atomic E-state index is 13.4. The molecule has 0 aliphatic rings. The highest BCUT2D eigenvalue weighted by molar-refractivity contribution is 9.10. The highest BCUT2D eigenvalue weighted by Gasteiger charge is 2.13. The number of nitrogens with zero attached hydrogens (tertiary/aromatic N) is 1.